The van der Waals surface area contributed by atoms with Crippen LogP contribution in [0, 0.1) is 23.7 Å². The molecule has 0 radical (unpaired) electrons. The summed E-state index contributed by atoms with van der Waals surface area (Å²) in [5.41, 5.74) is 0. The summed E-state index contributed by atoms with van der Waals surface area (Å²) in [7, 11) is 0. The van der Waals surface area contributed by atoms with Gasteiger partial charge in [-0.25, -0.2) is 0 Å². The maximum atomic E-state index is 2.46. The van der Waals surface area contributed by atoms with Gasteiger partial charge in [0.2, 0.25) is 0 Å². The second-order valence-corrected chi connectivity index (χ2v) is 9.37. The zero-order valence-electron chi connectivity index (χ0n) is 12.4. The minimum absolute atomic E-state index is 1.07. The highest BCUT2D eigenvalue weighted by atomic mass is 32.2. The normalized spacial score (nSPS) is 47.7. The molecule has 5 atom stereocenters. The molecule has 4 rings (SSSR count). The second kappa shape index (κ2) is 5.62. The average molecular weight is 279 g/mol. The van der Waals surface area contributed by atoms with Crippen LogP contribution in [0.2, 0.25) is 0 Å². The van der Waals surface area contributed by atoms with Gasteiger partial charge in [0, 0.05) is 10.5 Å². The SMILES string of the molecule is C1CCC(C2CC3CC4CCCCC4CC3S2)CC1. The lowest BCUT2D eigenvalue weighted by molar-refractivity contribution is 0.134. The van der Waals surface area contributed by atoms with Gasteiger partial charge in [-0.1, -0.05) is 44.9 Å². The van der Waals surface area contributed by atoms with Gasteiger partial charge in [0.1, 0.15) is 0 Å². The summed E-state index contributed by atoms with van der Waals surface area (Å²) < 4.78 is 0. The molecule has 1 heteroatoms. The molecule has 0 nitrogen and oxygen atoms in total. The van der Waals surface area contributed by atoms with Crippen molar-refractivity contribution in [3.8, 4) is 0 Å². The molecular weight excluding hydrogens is 248 g/mol. The Hall–Kier alpha value is 0.350. The van der Waals surface area contributed by atoms with Crippen LogP contribution >= 0.6 is 11.8 Å². The van der Waals surface area contributed by atoms with E-state index in [0.29, 0.717) is 0 Å². The maximum Gasteiger partial charge on any atom is 0.00814 e. The molecule has 1 aliphatic heterocycles. The minimum atomic E-state index is 1.07. The van der Waals surface area contributed by atoms with Crippen molar-refractivity contribution in [2.24, 2.45) is 23.7 Å². The minimum Gasteiger partial charge on any atom is -0.155 e. The van der Waals surface area contributed by atoms with Crippen molar-refractivity contribution in [3.63, 3.8) is 0 Å². The van der Waals surface area contributed by atoms with E-state index in [9.17, 15) is 0 Å². The van der Waals surface area contributed by atoms with Crippen LogP contribution in [0.15, 0.2) is 0 Å². The van der Waals surface area contributed by atoms with Crippen molar-refractivity contribution < 1.29 is 0 Å². The molecule has 19 heavy (non-hydrogen) atoms. The monoisotopic (exact) mass is 278 g/mol. The highest BCUT2D eigenvalue weighted by Gasteiger charge is 2.45. The van der Waals surface area contributed by atoms with E-state index in [1.54, 1.807) is 44.9 Å². The van der Waals surface area contributed by atoms with E-state index in [-0.39, 0.29) is 0 Å². The molecule has 108 valence electrons. The van der Waals surface area contributed by atoms with E-state index in [1.165, 1.54) is 32.1 Å². The summed E-state index contributed by atoms with van der Waals surface area (Å²) in [6, 6.07) is 0. The fourth-order valence-electron chi connectivity index (χ4n) is 5.74. The Labute approximate surface area is 123 Å². The van der Waals surface area contributed by atoms with E-state index in [4.69, 9.17) is 0 Å². The van der Waals surface area contributed by atoms with Crippen LogP contribution in [0.25, 0.3) is 0 Å². The van der Waals surface area contributed by atoms with Crippen molar-refractivity contribution in [1.82, 2.24) is 0 Å². The van der Waals surface area contributed by atoms with Gasteiger partial charge >= 0.3 is 0 Å². The lowest BCUT2D eigenvalue weighted by atomic mass is 9.66. The predicted octanol–water partition coefficient (Wildman–Crippen LogP) is 5.66. The molecule has 0 aromatic heterocycles. The number of fused-ring (bicyclic) bond motifs is 2. The Morgan fingerprint density at radius 1 is 0.474 bits per heavy atom. The molecule has 4 aliphatic rings. The lowest BCUT2D eigenvalue weighted by Crippen LogP contribution is -2.33. The van der Waals surface area contributed by atoms with Crippen LogP contribution in [0.1, 0.15) is 77.0 Å². The smallest absolute Gasteiger partial charge is 0.00814 e. The molecule has 0 aromatic rings. The Balaban J connectivity index is 1.40. The third-order valence-electron chi connectivity index (χ3n) is 6.79. The molecule has 0 aromatic carbocycles. The molecular formula is C18H30S. The zero-order valence-corrected chi connectivity index (χ0v) is 13.2. The van der Waals surface area contributed by atoms with Crippen molar-refractivity contribution in [3.05, 3.63) is 0 Å². The second-order valence-electron chi connectivity index (χ2n) is 7.88. The van der Waals surface area contributed by atoms with Gasteiger partial charge in [-0.2, -0.15) is 11.8 Å². The zero-order chi connectivity index (χ0) is 12.7. The first-order valence-electron chi connectivity index (χ1n) is 9.05. The van der Waals surface area contributed by atoms with Gasteiger partial charge < -0.3 is 0 Å². The highest BCUT2D eigenvalue weighted by molar-refractivity contribution is 8.00. The Kier molecular flexibility index (Phi) is 3.86. The summed E-state index contributed by atoms with van der Waals surface area (Å²) in [4.78, 5) is 0. The predicted molar refractivity (Wildman–Crippen MR) is 84.5 cm³/mol. The fourth-order valence-corrected chi connectivity index (χ4v) is 7.84. The molecule has 5 unspecified atom stereocenters. The van der Waals surface area contributed by atoms with Crippen molar-refractivity contribution in [1.29, 1.82) is 0 Å². The lowest BCUT2D eigenvalue weighted by Gasteiger charge is -2.41. The average Bonchev–Trinajstić information content (AvgIpc) is 2.88. The van der Waals surface area contributed by atoms with Crippen molar-refractivity contribution in [2.45, 2.75) is 87.5 Å². The van der Waals surface area contributed by atoms with Gasteiger partial charge in [-0.3, -0.25) is 0 Å². The number of rotatable bonds is 1. The first-order chi connectivity index (χ1) is 9.40. The van der Waals surface area contributed by atoms with E-state index < -0.39 is 0 Å². The van der Waals surface area contributed by atoms with Crippen LogP contribution < -0.4 is 0 Å². The van der Waals surface area contributed by atoms with Crippen molar-refractivity contribution >= 4 is 11.8 Å². The third kappa shape index (κ3) is 2.61. The summed E-state index contributed by atoms with van der Waals surface area (Å²) in [6.07, 6.45) is 18.7. The van der Waals surface area contributed by atoms with E-state index >= 15 is 0 Å². The number of hydrogen-bond donors (Lipinski definition) is 0. The van der Waals surface area contributed by atoms with Gasteiger partial charge in [0.05, 0.1) is 0 Å². The van der Waals surface area contributed by atoms with Gasteiger partial charge in [-0.15, -0.1) is 0 Å². The van der Waals surface area contributed by atoms with Crippen LogP contribution in [-0.2, 0) is 0 Å². The maximum absolute atomic E-state index is 2.46. The summed E-state index contributed by atoms with van der Waals surface area (Å²) >= 11 is 2.46. The van der Waals surface area contributed by atoms with E-state index in [2.05, 4.69) is 11.8 Å². The first kappa shape index (κ1) is 13.0. The topological polar surface area (TPSA) is 0 Å². The van der Waals surface area contributed by atoms with Crippen molar-refractivity contribution in [2.75, 3.05) is 0 Å². The molecule has 0 N–H and O–H groups in total. The molecule has 0 amide bonds. The Morgan fingerprint density at radius 2 is 1.00 bits per heavy atom. The van der Waals surface area contributed by atoms with E-state index in [0.717, 1.165) is 34.2 Å². The van der Waals surface area contributed by atoms with Gasteiger partial charge in [0.25, 0.3) is 0 Å². The van der Waals surface area contributed by atoms with E-state index in [1.807, 2.05) is 0 Å². The highest BCUT2D eigenvalue weighted by Crippen LogP contribution is 2.55. The fraction of sp³-hybridized carbons (Fsp3) is 1.00. The molecule has 1 saturated heterocycles. The largest absolute Gasteiger partial charge is 0.155 e. The molecule has 4 fully saturated rings. The van der Waals surface area contributed by atoms with Crippen LogP contribution in [0.4, 0.5) is 0 Å². The number of hydrogen-bond acceptors (Lipinski definition) is 1. The summed E-state index contributed by atoms with van der Waals surface area (Å²) in [5.74, 6) is 4.50. The first-order valence-corrected chi connectivity index (χ1v) is 10.00. The third-order valence-corrected chi connectivity index (χ3v) is 8.65. The van der Waals surface area contributed by atoms with Crippen LogP contribution in [-0.4, -0.2) is 10.5 Å². The molecule has 0 bridgehead atoms. The standard InChI is InChI=1S/C18H30S/c1-2-6-13(7-3-1)17-12-16-10-14-8-4-5-9-15(14)11-18(16)19-17/h13-18H,1-12H2. The van der Waals surface area contributed by atoms with Gasteiger partial charge in [-0.05, 0) is 55.8 Å². The van der Waals surface area contributed by atoms with Crippen LogP contribution in [0.5, 0.6) is 0 Å². The number of thioether (sulfide) groups is 1. The summed E-state index contributed by atoms with van der Waals surface area (Å²) in [5, 5.41) is 2.14. The summed E-state index contributed by atoms with van der Waals surface area (Å²) in [6.45, 7) is 0. The molecule has 1 heterocycles. The van der Waals surface area contributed by atoms with Crippen LogP contribution in [0.3, 0.4) is 0 Å². The quantitative estimate of drug-likeness (QED) is 0.596. The molecule has 0 spiro atoms. The Morgan fingerprint density at radius 3 is 1.79 bits per heavy atom. The Bertz CT molecular complexity index is 285. The molecule has 3 aliphatic carbocycles. The molecule has 3 saturated carbocycles. The van der Waals surface area contributed by atoms with Gasteiger partial charge in [0.15, 0.2) is 0 Å².